The van der Waals surface area contributed by atoms with E-state index in [0.29, 0.717) is 5.02 Å². The molecule has 2 aromatic rings. The van der Waals surface area contributed by atoms with Gasteiger partial charge in [-0.25, -0.2) is 0 Å². The Bertz CT molecular complexity index is 502. The van der Waals surface area contributed by atoms with Gasteiger partial charge < -0.3 is 10.1 Å². The van der Waals surface area contributed by atoms with Gasteiger partial charge in [-0.1, -0.05) is 11.6 Å². The fraction of sp³-hybridized carbons (Fsp3) is 0.455. The number of rotatable bonds is 5. The first kappa shape index (κ1) is 12.5. The van der Waals surface area contributed by atoms with Gasteiger partial charge >= 0.3 is 0 Å². The van der Waals surface area contributed by atoms with E-state index in [0.717, 1.165) is 29.7 Å². The molecule has 6 heteroatoms. The molecule has 0 aliphatic carbocycles. The lowest BCUT2D eigenvalue weighted by molar-refractivity contribution is 0.191. The minimum atomic E-state index is 0.278. The highest BCUT2D eigenvalue weighted by molar-refractivity contribution is 7.00. The Labute approximate surface area is 109 Å². The second kappa shape index (κ2) is 5.62. The van der Waals surface area contributed by atoms with E-state index >= 15 is 0 Å². The fourth-order valence-corrected chi connectivity index (χ4v) is 2.33. The minimum Gasteiger partial charge on any atom is -0.385 e. The van der Waals surface area contributed by atoms with Crippen LogP contribution in [0.4, 0.5) is 5.69 Å². The molecular formula is C11H14ClN3OS. The Morgan fingerprint density at radius 2 is 2.29 bits per heavy atom. The molecule has 0 amide bonds. The van der Waals surface area contributed by atoms with Crippen LogP contribution >= 0.6 is 23.3 Å². The van der Waals surface area contributed by atoms with E-state index in [-0.39, 0.29) is 6.04 Å². The van der Waals surface area contributed by atoms with Crippen LogP contribution in [0.15, 0.2) is 12.1 Å². The molecule has 0 aliphatic rings. The second-order valence-electron chi connectivity index (χ2n) is 3.88. The maximum Gasteiger partial charge on any atom is 0.129 e. The van der Waals surface area contributed by atoms with E-state index in [4.69, 9.17) is 16.3 Å². The summed E-state index contributed by atoms with van der Waals surface area (Å²) in [5.74, 6) is 0. The average molecular weight is 272 g/mol. The van der Waals surface area contributed by atoms with Gasteiger partial charge in [0, 0.05) is 19.8 Å². The molecule has 1 heterocycles. The lowest BCUT2D eigenvalue weighted by Gasteiger charge is -2.15. The van der Waals surface area contributed by atoms with Crippen LogP contribution in [0.3, 0.4) is 0 Å². The number of benzene rings is 1. The molecule has 1 N–H and O–H groups in total. The van der Waals surface area contributed by atoms with Crippen LogP contribution in [-0.2, 0) is 4.74 Å². The van der Waals surface area contributed by atoms with Gasteiger partial charge in [-0.05, 0) is 25.5 Å². The second-order valence-corrected chi connectivity index (χ2v) is 4.82. The molecule has 0 bridgehead atoms. The minimum absolute atomic E-state index is 0.278. The Balaban J connectivity index is 2.22. The number of aromatic nitrogens is 2. The molecule has 0 saturated heterocycles. The number of ether oxygens (including phenoxy) is 1. The maximum absolute atomic E-state index is 6.18. The topological polar surface area (TPSA) is 47.0 Å². The van der Waals surface area contributed by atoms with Gasteiger partial charge in [-0.3, -0.25) is 0 Å². The van der Waals surface area contributed by atoms with Crippen molar-refractivity contribution in [3.8, 4) is 0 Å². The van der Waals surface area contributed by atoms with E-state index < -0.39 is 0 Å². The molecule has 0 saturated carbocycles. The smallest absolute Gasteiger partial charge is 0.129 e. The molecule has 1 aromatic heterocycles. The highest BCUT2D eigenvalue weighted by Gasteiger charge is 2.12. The first-order valence-corrected chi connectivity index (χ1v) is 6.49. The molecule has 1 atom stereocenters. The summed E-state index contributed by atoms with van der Waals surface area (Å²) >= 11 is 7.38. The zero-order chi connectivity index (χ0) is 12.3. The summed E-state index contributed by atoms with van der Waals surface area (Å²) in [6.07, 6.45) is 0.917. The van der Waals surface area contributed by atoms with Crippen molar-refractivity contribution in [1.29, 1.82) is 0 Å². The van der Waals surface area contributed by atoms with Crippen molar-refractivity contribution in [2.45, 2.75) is 19.4 Å². The van der Waals surface area contributed by atoms with Crippen molar-refractivity contribution in [2.75, 3.05) is 19.0 Å². The summed E-state index contributed by atoms with van der Waals surface area (Å²) < 4.78 is 13.5. The Morgan fingerprint density at radius 1 is 1.47 bits per heavy atom. The number of fused-ring (bicyclic) bond motifs is 1. The molecule has 2 rings (SSSR count). The van der Waals surface area contributed by atoms with Gasteiger partial charge in [-0.2, -0.15) is 8.75 Å². The number of hydrogen-bond acceptors (Lipinski definition) is 5. The third kappa shape index (κ3) is 2.86. The summed E-state index contributed by atoms with van der Waals surface area (Å²) in [4.78, 5) is 0. The third-order valence-corrected chi connectivity index (χ3v) is 3.38. The first-order chi connectivity index (χ1) is 8.22. The monoisotopic (exact) mass is 271 g/mol. The first-order valence-electron chi connectivity index (χ1n) is 5.38. The molecular weight excluding hydrogens is 258 g/mol. The predicted octanol–water partition coefficient (Wildman–Crippen LogP) is 3.18. The number of halogens is 1. The molecule has 4 nitrogen and oxygen atoms in total. The molecule has 17 heavy (non-hydrogen) atoms. The summed E-state index contributed by atoms with van der Waals surface area (Å²) in [5, 5.41) is 4.04. The van der Waals surface area contributed by atoms with E-state index in [1.165, 1.54) is 11.7 Å². The molecule has 0 spiro atoms. The molecule has 0 radical (unpaired) electrons. The quantitative estimate of drug-likeness (QED) is 0.907. The maximum atomic E-state index is 6.18. The Kier molecular flexibility index (Phi) is 4.15. The molecule has 1 aromatic carbocycles. The molecule has 0 fully saturated rings. The van der Waals surface area contributed by atoms with Crippen molar-refractivity contribution in [3.05, 3.63) is 17.2 Å². The van der Waals surface area contributed by atoms with Gasteiger partial charge in [0.1, 0.15) is 11.0 Å². The summed E-state index contributed by atoms with van der Waals surface area (Å²) in [5.41, 5.74) is 2.58. The molecule has 0 aliphatic heterocycles. The summed E-state index contributed by atoms with van der Waals surface area (Å²) in [7, 11) is 1.70. The van der Waals surface area contributed by atoms with Crippen molar-refractivity contribution in [3.63, 3.8) is 0 Å². The van der Waals surface area contributed by atoms with Crippen molar-refractivity contribution >= 4 is 40.0 Å². The van der Waals surface area contributed by atoms with Gasteiger partial charge in [0.25, 0.3) is 0 Å². The van der Waals surface area contributed by atoms with E-state index in [1.54, 1.807) is 7.11 Å². The van der Waals surface area contributed by atoms with Gasteiger partial charge in [-0.15, -0.1) is 0 Å². The number of methoxy groups -OCH3 is 1. The van der Waals surface area contributed by atoms with Crippen LogP contribution in [-0.4, -0.2) is 28.5 Å². The largest absolute Gasteiger partial charge is 0.385 e. The van der Waals surface area contributed by atoms with Gasteiger partial charge in [0.2, 0.25) is 0 Å². The van der Waals surface area contributed by atoms with Crippen LogP contribution in [0.25, 0.3) is 11.0 Å². The van der Waals surface area contributed by atoms with Crippen molar-refractivity contribution < 1.29 is 4.74 Å². The third-order valence-electron chi connectivity index (χ3n) is 2.52. The van der Waals surface area contributed by atoms with Gasteiger partial charge in [0.15, 0.2) is 0 Å². The summed E-state index contributed by atoms with van der Waals surface area (Å²) in [6.45, 7) is 2.81. The van der Waals surface area contributed by atoms with E-state index in [1.807, 2.05) is 12.1 Å². The van der Waals surface area contributed by atoms with Gasteiger partial charge in [0.05, 0.1) is 22.4 Å². The zero-order valence-electron chi connectivity index (χ0n) is 9.74. The number of nitrogens with one attached hydrogen (secondary N) is 1. The molecule has 92 valence electrons. The fourth-order valence-electron chi connectivity index (χ4n) is 1.58. The number of nitrogens with zero attached hydrogens (tertiary/aromatic N) is 2. The number of hydrogen-bond donors (Lipinski definition) is 1. The van der Waals surface area contributed by atoms with Crippen molar-refractivity contribution in [2.24, 2.45) is 0 Å². The Hall–Kier alpha value is -0.910. The zero-order valence-corrected chi connectivity index (χ0v) is 11.3. The SMILES string of the molecule is COCCC(C)Nc1c(Cl)ccc2nsnc12. The normalized spacial score (nSPS) is 12.9. The van der Waals surface area contributed by atoms with E-state index in [2.05, 4.69) is 21.0 Å². The van der Waals surface area contributed by atoms with Crippen LogP contribution in [0, 0.1) is 0 Å². The van der Waals surface area contributed by atoms with Crippen LogP contribution in [0.1, 0.15) is 13.3 Å². The predicted molar refractivity (Wildman–Crippen MR) is 72.0 cm³/mol. The van der Waals surface area contributed by atoms with Crippen LogP contribution < -0.4 is 5.32 Å². The van der Waals surface area contributed by atoms with Crippen molar-refractivity contribution in [1.82, 2.24) is 8.75 Å². The standard InChI is InChI=1S/C11H14ClN3OS/c1-7(5-6-16-2)13-10-8(12)3-4-9-11(10)15-17-14-9/h3-4,7,13H,5-6H2,1-2H3. The lowest BCUT2D eigenvalue weighted by Crippen LogP contribution is -2.17. The lowest BCUT2D eigenvalue weighted by atomic mass is 10.2. The highest BCUT2D eigenvalue weighted by atomic mass is 35.5. The molecule has 1 unspecified atom stereocenters. The number of anilines is 1. The Morgan fingerprint density at radius 3 is 3.06 bits per heavy atom. The average Bonchev–Trinajstić information content (AvgIpc) is 2.78. The van der Waals surface area contributed by atoms with Crippen LogP contribution in [0.2, 0.25) is 5.02 Å². The summed E-state index contributed by atoms with van der Waals surface area (Å²) in [6, 6.07) is 4.00. The highest BCUT2D eigenvalue weighted by Crippen LogP contribution is 2.30. The van der Waals surface area contributed by atoms with E-state index in [9.17, 15) is 0 Å². The van der Waals surface area contributed by atoms with Crippen LogP contribution in [0.5, 0.6) is 0 Å².